The molecule has 2 N–H and O–H groups in total. The molecule has 0 radical (unpaired) electrons. The van der Waals surface area contributed by atoms with Crippen LogP contribution in [0.5, 0.6) is 0 Å². The maximum absolute atomic E-state index is 11.7. The molecule has 1 amide bonds. The van der Waals surface area contributed by atoms with Crippen molar-refractivity contribution in [1.82, 2.24) is 0 Å². The maximum Gasteiger partial charge on any atom is 0.492 e. The highest BCUT2D eigenvalue weighted by Crippen LogP contribution is 2.32. The number of carbonyl (C=O) groups is 1. The molecule has 5 heteroatoms. The van der Waals surface area contributed by atoms with Gasteiger partial charge >= 0.3 is 7.12 Å². The van der Waals surface area contributed by atoms with Gasteiger partial charge in [-0.25, -0.2) is 0 Å². The molecule has 0 unspecified atom stereocenters. The average Bonchev–Trinajstić information content (AvgIpc) is 3.08. The summed E-state index contributed by atoms with van der Waals surface area (Å²) in [6, 6.07) is 5.57. The van der Waals surface area contributed by atoms with Gasteiger partial charge in [0.15, 0.2) is 0 Å². The minimum atomic E-state index is -0.909. The second-order valence-electron chi connectivity index (χ2n) is 5.55. The Hall–Kier alpha value is -1.33. The van der Waals surface area contributed by atoms with Crippen LogP contribution in [-0.4, -0.2) is 18.0 Å². The minimum Gasteiger partial charge on any atom is -0.423 e. The summed E-state index contributed by atoms with van der Waals surface area (Å²) in [5.41, 5.74) is 1.97. The van der Waals surface area contributed by atoms with Crippen molar-refractivity contribution in [3.05, 3.63) is 23.8 Å². The van der Waals surface area contributed by atoms with Gasteiger partial charge in [-0.15, -0.1) is 0 Å². The van der Waals surface area contributed by atoms with Crippen molar-refractivity contribution >= 4 is 24.2 Å². The van der Waals surface area contributed by atoms with Gasteiger partial charge in [0.05, 0.1) is 5.60 Å². The quantitative estimate of drug-likeness (QED) is 0.764. The van der Waals surface area contributed by atoms with Crippen molar-refractivity contribution in [3.63, 3.8) is 0 Å². The topological polar surface area (TPSA) is 58.6 Å². The Kier molecular flexibility index (Phi) is 2.50. The third kappa shape index (κ3) is 1.93. The molecule has 1 fully saturated rings. The molecule has 4 nitrogen and oxygen atoms in total. The predicted molar refractivity (Wildman–Crippen MR) is 69.5 cm³/mol. The first-order valence-corrected chi connectivity index (χ1v) is 6.28. The van der Waals surface area contributed by atoms with Crippen LogP contribution >= 0.6 is 0 Å². The van der Waals surface area contributed by atoms with Crippen molar-refractivity contribution in [3.8, 4) is 0 Å². The van der Waals surface area contributed by atoms with Crippen LogP contribution in [0.25, 0.3) is 0 Å². The minimum absolute atomic E-state index is 0.0719. The highest BCUT2D eigenvalue weighted by molar-refractivity contribution is 6.62. The maximum atomic E-state index is 11.7. The van der Waals surface area contributed by atoms with E-state index in [1.165, 1.54) is 0 Å². The third-order valence-corrected chi connectivity index (χ3v) is 3.59. The monoisotopic (exact) mass is 245 g/mol. The lowest BCUT2D eigenvalue weighted by Crippen LogP contribution is -2.29. The Morgan fingerprint density at radius 3 is 2.89 bits per heavy atom. The lowest BCUT2D eigenvalue weighted by molar-refractivity contribution is -0.117. The molecule has 1 heterocycles. The molecular formula is C13H16BNO3. The Morgan fingerprint density at radius 1 is 1.50 bits per heavy atom. The summed E-state index contributed by atoms with van der Waals surface area (Å²) in [6.45, 7) is 3.84. The van der Waals surface area contributed by atoms with Crippen LogP contribution in [0.4, 0.5) is 5.69 Å². The lowest BCUT2D eigenvalue weighted by atomic mass is 9.78. The lowest BCUT2D eigenvalue weighted by Gasteiger charge is -2.19. The Bertz CT molecular complexity index is 511. The summed E-state index contributed by atoms with van der Waals surface area (Å²) in [5.74, 6) is 0.249. The van der Waals surface area contributed by atoms with Gasteiger partial charge in [-0.1, -0.05) is 6.07 Å². The van der Waals surface area contributed by atoms with E-state index in [9.17, 15) is 9.82 Å². The third-order valence-electron chi connectivity index (χ3n) is 3.59. The number of nitrogens with one attached hydrogen (secondary N) is 1. The molecule has 1 aliphatic heterocycles. The molecule has 3 rings (SSSR count). The number of amides is 1. The van der Waals surface area contributed by atoms with E-state index < -0.39 is 12.7 Å². The summed E-state index contributed by atoms with van der Waals surface area (Å²) < 4.78 is 5.48. The first-order chi connectivity index (χ1) is 8.47. The zero-order valence-electron chi connectivity index (χ0n) is 10.6. The molecule has 1 aliphatic carbocycles. The number of fused-ring (bicyclic) bond motifs is 1. The van der Waals surface area contributed by atoms with Gasteiger partial charge in [-0.05, 0) is 49.8 Å². The predicted octanol–water partition coefficient (Wildman–Crippen LogP) is 0.988. The van der Waals surface area contributed by atoms with Crippen molar-refractivity contribution in [1.29, 1.82) is 0 Å². The first kappa shape index (κ1) is 11.7. The van der Waals surface area contributed by atoms with E-state index in [-0.39, 0.29) is 11.8 Å². The van der Waals surface area contributed by atoms with Crippen LogP contribution < -0.4 is 10.8 Å². The molecule has 18 heavy (non-hydrogen) atoms. The number of carbonyl (C=O) groups excluding carboxylic acids is 1. The van der Waals surface area contributed by atoms with Crippen LogP contribution in [0, 0.1) is 5.92 Å². The van der Waals surface area contributed by atoms with Gasteiger partial charge in [0.25, 0.3) is 0 Å². The van der Waals surface area contributed by atoms with Gasteiger partial charge in [0.2, 0.25) is 5.91 Å². The van der Waals surface area contributed by atoms with Crippen LogP contribution in [0.1, 0.15) is 32.3 Å². The highest BCUT2D eigenvalue weighted by atomic mass is 16.5. The fraction of sp³-hybridized carbons (Fsp3) is 0.462. The smallest absolute Gasteiger partial charge is 0.423 e. The second-order valence-corrected chi connectivity index (χ2v) is 5.55. The van der Waals surface area contributed by atoms with Crippen LogP contribution in [0.2, 0.25) is 0 Å². The van der Waals surface area contributed by atoms with E-state index in [0.29, 0.717) is 0 Å². The number of rotatable bonds is 2. The molecule has 1 aromatic rings. The zero-order valence-corrected chi connectivity index (χ0v) is 10.6. The number of hydrogen-bond donors (Lipinski definition) is 2. The fourth-order valence-corrected chi connectivity index (χ4v) is 2.39. The molecular weight excluding hydrogens is 229 g/mol. The van der Waals surface area contributed by atoms with Gasteiger partial charge in [0.1, 0.15) is 0 Å². The van der Waals surface area contributed by atoms with Gasteiger partial charge in [-0.3, -0.25) is 4.79 Å². The summed E-state index contributed by atoms with van der Waals surface area (Å²) >= 11 is 0. The van der Waals surface area contributed by atoms with E-state index in [1.54, 1.807) is 6.07 Å². The average molecular weight is 245 g/mol. The number of hydrogen-bond acceptors (Lipinski definition) is 3. The largest absolute Gasteiger partial charge is 0.492 e. The standard InChI is InChI=1S/C13H16BNO3/c1-13(2)10-6-5-9(7-11(10)14(17)18-13)15-12(16)8-3-4-8/h5-8,17H,3-4H2,1-2H3,(H,15,16). The molecule has 2 aliphatic rings. The van der Waals surface area contributed by atoms with E-state index in [4.69, 9.17) is 4.65 Å². The summed E-state index contributed by atoms with van der Waals surface area (Å²) in [5, 5.41) is 12.7. The Labute approximate surface area is 106 Å². The van der Waals surface area contributed by atoms with Gasteiger partial charge < -0.3 is 15.0 Å². The molecule has 0 spiro atoms. The van der Waals surface area contributed by atoms with Crippen molar-refractivity contribution in [2.75, 3.05) is 5.32 Å². The molecule has 0 bridgehead atoms. The molecule has 0 atom stereocenters. The second kappa shape index (κ2) is 3.83. The van der Waals surface area contributed by atoms with Crippen LogP contribution in [-0.2, 0) is 15.0 Å². The van der Waals surface area contributed by atoms with Crippen LogP contribution in [0.15, 0.2) is 18.2 Å². The van der Waals surface area contributed by atoms with E-state index in [2.05, 4.69) is 5.32 Å². The molecule has 0 aromatic heterocycles. The van der Waals surface area contributed by atoms with Crippen molar-refractivity contribution in [2.45, 2.75) is 32.3 Å². The molecule has 0 saturated heterocycles. The normalized spacial score (nSPS) is 20.7. The fourth-order valence-electron chi connectivity index (χ4n) is 2.39. The number of benzene rings is 1. The molecule has 94 valence electrons. The summed E-state index contributed by atoms with van der Waals surface area (Å²) in [7, 11) is -0.909. The Morgan fingerprint density at radius 2 is 2.22 bits per heavy atom. The molecule has 1 saturated carbocycles. The van der Waals surface area contributed by atoms with Crippen LogP contribution in [0.3, 0.4) is 0 Å². The number of anilines is 1. The van der Waals surface area contributed by atoms with Crippen molar-refractivity contribution < 1.29 is 14.5 Å². The van der Waals surface area contributed by atoms with Gasteiger partial charge in [0, 0.05) is 11.6 Å². The van der Waals surface area contributed by atoms with E-state index in [0.717, 1.165) is 29.6 Å². The van der Waals surface area contributed by atoms with Crippen molar-refractivity contribution in [2.24, 2.45) is 5.92 Å². The summed E-state index contributed by atoms with van der Waals surface area (Å²) in [4.78, 5) is 11.7. The first-order valence-electron chi connectivity index (χ1n) is 6.28. The summed E-state index contributed by atoms with van der Waals surface area (Å²) in [6.07, 6.45) is 1.96. The Balaban J connectivity index is 1.87. The highest BCUT2D eigenvalue weighted by Gasteiger charge is 2.40. The molecule has 1 aromatic carbocycles. The SMILES string of the molecule is CC1(C)OB(O)c2cc(NC(=O)C3CC3)ccc21. The zero-order chi connectivity index (χ0) is 12.9. The van der Waals surface area contributed by atoms with E-state index >= 15 is 0 Å². The van der Waals surface area contributed by atoms with Gasteiger partial charge in [-0.2, -0.15) is 0 Å². The van der Waals surface area contributed by atoms with E-state index in [1.807, 2.05) is 26.0 Å².